The minimum Gasteiger partial charge on any atom is -0.324 e. The fourth-order valence-electron chi connectivity index (χ4n) is 1.76. The van der Waals surface area contributed by atoms with E-state index >= 15 is 0 Å². The van der Waals surface area contributed by atoms with Crippen LogP contribution >= 0.6 is 15.9 Å². The molecule has 88 valence electrons. The van der Waals surface area contributed by atoms with Gasteiger partial charge in [0.2, 0.25) is 0 Å². The molecule has 0 aliphatic carbocycles. The molecule has 3 heteroatoms. The number of rotatable bonds is 2. The molecule has 0 saturated carbocycles. The van der Waals surface area contributed by atoms with Gasteiger partial charge in [0.15, 0.2) is 0 Å². The van der Waals surface area contributed by atoms with E-state index in [1.165, 1.54) is 6.07 Å². The van der Waals surface area contributed by atoms with Crippen LogP contribution in [0.1, 0.15) is 18.5 Å². The van der Waals surface area contributed by atoms with Gasteiger partial charge < -0.3 is 5.73 Å². The van der Waals surface area contributed by atoms with Gasteiger partial charge in [0.25, 0.3) is 0 Å². The Morgan fingerprint density at radius 3 is 2.53 bits per heavy atom. The second kappa shape index (κ2) is 4.98. The van der Waals surface area contributed by atoms with Crippen molar-refractivity contribution in [3.63, 3.8) is 0 Å². The van der Waals surface area contributed by atoms with Gasteiger partial charge in [-0.3, -0.25) is 0 Å². The van der Waals surface area contributed by atoms with Crippen molar-refractivity contribution in [2.75, 3.05) is 0 Å². The number of hydrogen-bond acceptors (Lipinski definition) is 1. The Labute approximate surface area is 109 Å². The summed E-state index contributed by atoms with van der Waals surface area (Å²) >= 11 is 3.49. The largest absolute Gasteiger partial charge is 0.324 e. The van der Waals surface area contributed by atoms with E-state index in [0.29, 0.717) is 5.56 Å². The van der Waals surface area contributed by atoms with Crippen molar-refractivity contribution in [2.24, 2.45) is 5.73 Å². The Hall–Kier alpha value is -1.19. The first-order valence-electron chi connectivity index (χ1n) is 5.39. The van der Waals surface area contributed by atoms with Gasteiger partial charge in [-0.2, -0.15) is 0 Å². The summed E-state index contributed by atoms with van der Waals surface area (Å²) in [5, 5.41) is 0. The summed E-state index contributed by atoms with van der Waals surface area (Å²) in [5.41, 5.74) is 8.29. The van der Waals surface area contributed by atoms with Gasteiger partial charge >= 0.3 is 0 Å². The van der Waals surface area contributed by atoms with Gasteiger partial charge in [-0.05, 0) is 36.2 Å². The molecule has 0 aliphatic heterocycles. The summed E-state index contributed by atoms with van der Waals surface area (Å²) in [7, 11) is 0. The van der Waals surface area contributed by atoms with E-state index in [9.17, 15) is 4.39 Å². The number of halogens is 2. The zero-order valence-corrected chi connectivity index (χ0v) is 11.0. The van der Waals surface area contributed by atoms with Crippen LogP contribution in [0, 0.1) is 5.82 Å². The summed E-state index contributed by atoms with van der Waals surface area (Å²) in [6, 6.07) is 12.6. The first-order valence-corrected chi connectivity index (χ1v) is 6.19. The molecule has 0 fully saturated rings. The highest BCUT2D eigenvalue weighted by Crippen LogP contribution is 2.30. The summed E-state index contributed by atoms with van der Waals surface area (Å²) in [6.07, 6.45) is 0. The molecule has 2 aromatic rings. The van der Waals surface area contributed by atoms with Gasteiger partial charge in [-0.25, -0.2) is 4.39 Å². The minimum atomic E-state index is -0.308. The van der Waals surface area contributed by atoms with E-state index in [0.717, 1.165) is 15.6 Å². The normalized spacial score (nSPS) is 12.5. The predicted molar refractivity (Wildman–Crippen MR) is 72.1 cm³/mol. The Bertz CT molecular complexity index is 537. The van der Waals surface area contributed by atoms with Crippen LogP contribution in [0.2, 0.25) is 0 Å². The van der Waals surface area contributed by atoms with Crippen molar-refractivity contribution < 1.29 is 4.39 Å². The van der Waals surface area contributed by atoms with E-state index in [4.69, 9.17) is 5.73 Å². The van der Waals surface area contributed by atoms with Gasteiger partial charge in [-0.15, -0.1) is 0 Å². The van der Waals surface area contributed by atoms with Crippen LogP contribution in [0.4, 0.5) is 4.39 Å². The molecule has 1 atom stereocenters. The third-order valence-electron chi connectivity index (χ3n) is 2.67. The van der Waals surface area contributed by atoms with Gasteiger partial charge in [0.1, 0.15) is 5.82 Å². The standard InChI is InChI=1S/C14H13BrFN/c1-9(17)12-8-10(6-7-14(12)16)11-4-2-3-5-13(11)15/h2-9H,17H2,1H3. The lowest BCUT2D eigenvalue weighted by atomic mass is 10.00. The fourth-order valence-corrected chi connectivity index (χ4v) is 2.27. The Morgan fingerprint density at radius 2 is 1.88 bits per heavy atom. The monoisotopic (exact) mass is 293 g/mol. The number of nitrogens with two attached hydrogens (primary N) is 1. The Balaban J connectivity index is 2.54. The van der Waals surface area contributed by atoms with Gasteiger partial charge in [-0.1, -0.05) is 40.2 Å². The molecule has 1 nitrogen and oxygen atoms in total. The van der Waals surface area contributed by atoms with Crippen LogP contribution in [0.5, 0.6) is 0 Å². The highest BCUT2D eigenvalue weighted by Gasteiger charge is 2.10. The molecule has 2 N–H and O–H groups in total. The summed E-state index contributed by atoms with van der Waals surface area (Å²) < 4.78 is 14.5. The molecule has 0 saturated heterocycles. The molecule has 0 spiro atoms. The van der Waals surface area contributed by atoms with Crippen LogP contribution in [0.3, 0.4) is 0 Å². The SMILES string of the molecule is CC(N)c1cc(-c2ccccc2Br)ccc1F. The minimum absolute atomic E-state index is 0.254. The molecule has 0 aliphatic rings. The second-order valence-corrected chi connectivity index (χ2v) is 4.86. The average molecular weight is 294 g/mol. The predicted octanol–water partition coefficient (Wildman–Crippen LogP) is 4.27. The zero-order valence-electron chi connectivity index (χ0n) is 9.45. The van der Waals surface area contributed by atoms with E-state index in [-0.39, 0.29) is 11.9 Å². The average Bonchev–Trinajstić information content (AvgIpc) is 2.30. The maximum absolute atomic E-state index is 13.5. The van der Waals surface area contributed by atoms with Crippen LogP contribution in [-0.4, -0.2) is 0 Å². The quantitative estimate of drug-likeness (QED) is 0.879. The van der Waals surface area contributed by atoms with E-state index in [1.807, 2.05) is 24.3 Å². The van der Waals surface area contributed by atoms with Gasteiger partial charge in [0.05, 0.1) is 0 Å². The lowest BCUT2D eigenvalue weighted by molar-refractivity contribution is 0.594. The molecule has 2 aromatic carbocycles. The van der Waals surface area contributed by atoms with Crippen molar-refractivity contribution in [1.29, 1.82) is 0 Å². The molecule has 0 radical (unpaired) electrons. The molecular formula is C14H13BrFN. The number of hydrogen-bond donors (Lipinski definition) is 1. The molecular weight excluding hydrogens is 281 g/mol. The molecule has 2 rings (SSSR count). The first kappa shape index (κ1) is 12.3. The fraction of sp³-hybridized carbons (Fsp3) is 0.143. The Morgan fingerprint density at radius 1 is 1.18 bits per heavy atom. The molecule has 0 amide bonds. The highest BCUT2D eigenvalue weighted by molar-refractivity contribution is 9.10. The van der Waals surface area contributed by atoms with Crippen molar-refractivity contribution in [1.82, 2.24) is 0 Å². The smallest absolute Gasteiger partial charge is 0.128 e. The van der Waals surface area contributed by atoms with Crippen LogP contribution < -0.4 is 5.73 Å². The van der Waals surface area contributed by atoms with Crippen molar-refractivity contribution in [3.8, 4) is 11.1 Å². The van der Waals surface area contributed by atoms with Crippen LogP contribution in [-0.2, 0) is 0 Å². The molecule has 0 bridgehead atoms. The van der Waals surface area contributed by atoms with Crippen molar-refractivity contribution >= 4 is 15.9 Å². The van der Waals surface area contributed by atoms with E-state index in [1.54, 1.807) is 19.1 Å². The summed E-state index contributed by atoms with van der Waals surface area (Å²) in [6.45, 7) is 1.78. The molecule has 1 unspecified atom stereocenters. The van der Waals surface area contributed by atoms with Crippen molar-refractivity contribution in [3.05, 3.63) is 58.3 Å². The topological polar surface area (TPSA) is 26.0 Å². The Kier molecular flexibility index (Phi) is 3.60. The van der Waals surface area contributed by atoms with Crippen molar-refractivity contribution in [2.45, 2.75) is 13.0 Å². The number of benzene rings is 2. The zero-order chi connectivity index (χ0) is 12.4. The second-order valence-electron chi connectivity index (χ2n) is 4.00. The van der Waals surface area contributed by atoms with Gasteiger partial charge in [0, 0.05) is 16.1 Å². The van der Waals surface area contributed by atoms with Crippen LogP contribution in [0.25, 0.3) is 11.1 Å². The first-order chi connectivity index (χ1) is 8.09. The summed E-state index contributed by atoms with van der Waals surface area (Å²) in [4.78, 5) is 0. The molecule has 17 heavy (non-hydrogen) atoms. The maximum atomic E-state index is 13.5. The van der Waals surface area contributed by atoms with E-state index in [2.05, 4.69) is 15.9 Å². The highest BCUT2D eigenvalue weighted by atomic mass is 79.9. The third kappa shape index (κ3) is 2.56. The molecule has 0 aromatic heterocycles. The third-order valence-corrected chi connectivity index (χ3v) is 3.36. The van der Waals surface area contributed by atoms with Crippen LogP contribution in [0.15, 0.2) is 46.9 Å². The van der Waals surface area contributed by atoms with E-state index < -0.39 is 0 Å². The maximum Gasteiger partial charge on any atom is 0.128 e. The lowest BCUT2D eigenvalue weighted by Crippen LogP contribution is -2.07. The lowest BCUT2D eigenvalue weighted by Gasteiger charge is -2.11. The molecule has 0 heterocycles. The summed E-state index contributed by atoms with van der Waals surface area (Å²) in [5.74, 6) is -0.254.